The van der Waals surface area contributed by atoms with Crippen molar-refractivity contribution in [3.63, 3.8) is 0 Å². The van der Waals surface area contributed by atoms with E-state index < -0.39 is 35.9 Å². The number of esters is 2. The Bertz CT molecular complexity index is 957. The van der Waals surface area contributed by atoms with Crippen molar-refractivity contribution in [1.82, 2.24) is 14.5 Å². The molecule has 0 amide bonds. The van der Waals surface area contributed by atoms with E-state index in [4.69, 9.17) is 14.2 Å². The Morgan fingerprint density at radius 3 is 2.71 bits per heavy atom. The first-order valence-electron chi connectivity index (χ1n) is 8.85. The van der Waals surface area contributed by atoms with Gasteiger partial charge in [-0.3, -0.25) is 14.4 Å². The minimum absolute atomic E-state index is 0.0812. The Balaban J connectivity index is 0.00000136. The Labute approximate surface area is 161 Å². The van der Waals surface area contributed by atoms with Crippen molar-refractivity contribution in [2.75, 3.05) is 6.61 Å². The van der Waals surface area contributed by atoms with Crippen molar-refractivity contribution < 1.29 is 23.8 Å². The molecule has 3 atom stereocenters. The van der Waals surface area contributed by atoms with Crippen LogP contribution in [-0.4, -0.2) is 45.3 Å². The number of aromatic nitrogens is 3. The molecular formula is C18H22N4O6. The van der Waals surface area contributed by atoms with Crippen molar-refractivity contribution in [2.45, 2.75) is 52.6 Å². The summed E-state index contributed by atoms with van der Waals surface area (Å²) < 4.78 is 17.6. The van der Waals surface area contributed by atoms with Crippen LogP contribution in [-0.2, 0) is 23.8 Å². The van der Waals surface area contributed by atoms with E-state index in [0.29, 0.717) is 0 Å². The number of rotatable bonds is 4. The molecule has 2 aromatic heterocycles. The van der Waals surface area contributed by atoms with E-state index >= 15 is 0 Å². The number of carbonyl (C=O) groups excluding carboxylic acids is 2. The number of H-pyrrole nitrogens is 1. The lowest BCUT2D eigenvalue weighted by molar-refractivity contribution is -0.155. The molecule has 0 aliphatic carbocycles. The first-order chi connectivity index (χ1) is 13.4. The molecule has 1 aliphatic heterocycles. The minimum Gasteiger partial charge on any atom is -0.463 e. The van der Waals surface area contributed by atoms with Crippen molar-refractivity contribution in [3.8, 4) is 6.07 Å². The SMILES string of the molecule is CC.CC(=O)OCC1OC(n2cc(C#N)c3c(=O)[nH]cnc32)CC1OC(C)=O. The highest BCUT2D eigenvalue weighted by Gasteiger charge is 2.40. The van der Waals surface area contributed by atoms with Crippen LogP contribution in [0.2, 0.25) is 0 Å². The number of hydrogen-bond acceptors (Lipinski definition) is 8. The average molecular weight is 390 g/mol. The van der Waals surface area contributed by atoms with Gasteiger partial charge in [-0.2, -0.15) is 5.26 Å². The van der Waals surface area contributed by atoms with Gasteiger partial charge in [0, 0.05) is 26.5 Å². The lowest BCUT2D eigenvalue weighted by Crippen LogP contribution is -2.31. The van der Waals surface area contributed by atoms with Crippen molar-refractivity contribution in [1.29, 1.82) is 5.26 Å². The van der Waals surface area contributed by atoms with Crippen LogP contribution in [0.15, 0.2) is 17.3 Å². The molecule has 10 nitrogen and oxygen atoms in total. The third-order valence-corrected chi connectivity index (χ3v) is 3.99. The zero-order valence-corrected chi connectivity index (χ0v) is 16.1. The molecule has 1 aliphatic rings. The number of fused-ring (bicyclic) bond motifs is 1. The molecule has 3 rings (SSSR count). The van der Waals surface area contributed by atoms with Crippen LogP contribution >= 0.6 is 0 Å². The highest BCUT2D eigenvalue weighted by atomic mass is 16.6. The Morgan fingerprint density at radius 1 is 1.39 bits per heavy atom. The third-order valence-electron chi connectivity index (χ3n) is 3.99. The number of nitriles is 1. The maximum absolute atomic E-state index is 12.0. The van der Waals surface area contributed by atoms with E-state index in [1.165, 1.54) is 26.4 Å². The van der Waals surface area contributed by atoms with Gasteiger partial charge in [0.15, 0.2) is 5.65 Å². The summed E-state index contributed by atoms with van der Waals surface area (Å²) in [6, 6.07) is 1.96. The monoisotopic (exact) mass is 390 g/mol. The normalized spacial score (nSPS) is 20.8. The summed E-state index contributed by atoms with van der Waals surface area (Å²) in [6.45, 7) is 6.46. The molecule has 28 heavy (non-hydrogen) atoms. The lowest BCUT2D eigenvalue weighted by atomic mass is 10.2. The van der Waals surface area contributed by atoms with Gasteiger partial charge in [-0.1, -0.05) is 13.8 Å². The Morgan fingerprint density at radius 2 is 2.11 bits per heavy atom. The molecule has 0 radical (unpaired) electrons. The van der Waals surface area contributed by atoms with E-state index in [2.05, 4.69) is 9.97 Å². The standard InChI is InChI=1S/C16H16N4O6.C2H6/c1-8(21)24-6-12-11(25-9(2)22)3-13(26-12)20-5-10(4-17)14-15(20)18-7-19-16(14)23;1-2/h5,7,11-13H,3,6H2,1-2H3,(H,18,19,23);1-2H3. The number of nitrogens with zero attached hydrogens (tertiary/aromatic N) is 3. The second kappa shape index (κ2) is 9.14. The summed E-state index contributed by atoms with van der Waals surface area (Å²) >= 11 is 0. The minimum atomic E-state index is -0.669. The lowest BCUT2D eigenvalue weighted by Gasteiger charge is -2.17. The summed E-state index contributed by atoms with van der Waals surface area (Å²) in [7, 11) is 0. The molecule has 3 unspecified atom stereocenters. The van der Waals surface area contributed by atoms with Gasteiger partial charge in [-0.25, -0.2) is 4.98 Å². The Kier molecular flexibility index (Phi) is 6.89. The van der Waals surface area contributed by atoms with Crippen LogP contribution in [0.3, 0.4) is 0 Å². The van der Waals surface area contributed by atoms with Crippen molar-refractivity contribution in [2.24, 2.45) is 0 Å². The first-order valence-corrected chi connectivity index (χ1v) is 8.85. The van der Waals surface area contributed by atoms with Gasteiger partial charge in [-0.15, -0.1) is 0 Å². The summed E-state index contributed by atoms with van der Waals surface area (Å²) in [4.78, 5) is 41.0. The van der Waals surface area contributed by atoms with Crippen LogP contribution in [0.5, 0.6) is 0 Å². The fraction of sp³-hybridized carbons (Fsp3) is 0.500. The van der Waals surface area contributed by atoms with E-state index in [1.54, 1.807) is 4.57 Å². The number of ether oxygens (including phenoxy) is 3. The molecule has 0 bridgehead atoms. The van der Waals surface area contributed by atoms with Crippen LogP contribution in [0.4, 0.5) is 0 Å². The quantitative estimate of drug-likeness (QED) is 0.774. The number of aromatic amines is 1. The molecule has 2 aromatic rings. The summed E-state index contributed by atoms with van der Waals surface area (Å²) in [5.41, 5.74) is 0.00623. The van der Waals surface area contributed by atoms with E-state index in [0.717, 1.165) is 0 Å². The van der Waals surface area contributed by atoms with Gasteiger partial charge >= 0.3 is 11.9 Å². The second-order valence-electron chi connectivity index (χ2n) is 5.81. The van der Waals surface area contributed by atoms with Gasteiger partial charge in [-0.05, 0) is 0 Å². The van der Waals surface area contributed by atoms with Crippen LogP contribution in [0.1, 0.15) is 45.9 Å². The summed E-state index contributed by atoms with van der Waals surface area (Å²) in [5.74, 6) is -0.971. The van der Waals surface area contributed by atoms with Crippen LogP contribution < -0.4 is 5.56 Å². The molecule has 3 heterocycles. The number of hydrogen-bond donors (Lipinski definition) is 1. The number of nitrogens with one attached hydrogen (secondary N) is 1. The zero-order valence-electron chi connectivity index (χ0n) is 16.1. The van der Waals surface area contributed by atoms with E-state index in [9.17, 15) is 19.6 Å². The maximum atomic E-state index is 12.0. The van der Waals surface area contributed by atoms with E-state index in [-0.39, 0.29) is 29.6 Å². The van der Waals surface area contributed by atoms with Gasteiger partial charge in [0.2, 0.25) is 0 Å². The predicted molar refractivity (Wildman–Crippen MR) is 97.1 cm³/mol. The van der Waals surface area contributed by atoms with Gasteiger partial charge in [0.1, 0.15) is 36.5 Å². The summed E-state index contributed by atoms with van der Waals surface area (Å²) in [5, 5.41) is 9.43. The van der Waals surface area contributed by atoms with Crippen LogP contribution in [0.25, 0.3) is 11.0 Å². The van der Waals surface area contributed by atoms with Gasteiger partial charge in [0.25, 0.3) is 5.56 Å². The largest absolute Gasteiger partial charge is 0.463 e. The average Bonchev–Trinajstić information content (AvgIpc) is 3.23. The molecule has 1 N–H and O–H groups in total. The topological polar surface area (TPSA) is 136 Å². The maximum Gasteiger partial charge on any atom is 0.303 e. The smallest absolute Gasteiger partial charge is 0.303 e. The van der Waals surface area contributed by atoms with Crippen molar-refractivity contribution >= 4 is 23.0 Å². The van der Waals surface area contributed by atoms with E-state index in [1.807, 2.05) is 19.9 Å². The molecular weight excluding hydrogens is 368 g/mol. The van der Waals surface area contributed by atoms with Crippen molar-refractivity contribution in [3.05, 3.63) is 28.4 Å². The molecule has 1 fully saturated rings. The summed E-state index contributed by atoms with van der Waals surface area (Å²) in [6.07, 6.45) is 1.01. The molecule has 1 saturated heterocycles. The third kappa shape index (κ3) is 4.37. The fourth-order valence-corrected chi connectivity index (χ4v) is 2.96. The highest BCUT2D eigenvalue weighted by Crippen LogP contribution is 2.33. The highest BCUT2D eigenvalue weighted by molar-refractivity contribution is 5.82. The molecule has 0 spiro atoms. The molecule has 10 heteroatoms. The number of carbonyl (C=O) groups is 2. The Hall–Kier alpha value is -3.19. The molecule has 150 valence electrons. The van der Waals surface area contributed by atoms with Gasteiger partial charge in [0.05, 0.1) is 11.9 Å². The van der Waals surface area contributed by atoms with Gasteiger partial charge < -0.3 is 23.8 Å². The molecule has 0 saturated carbocycles. The molecule has 0 aromatic carbocycles. The predicted octanol–water partition coefficient (Wildman–Crippen LogP) is 1.40. The first kappa shape index (κ1) is 21.1. The van der Waals surface area contributed by atoms with Crippen LogP contribution in [0, 0.1) is 11.3 Å². The zero-order chi connectivity index (χ0) is 20.8. The second-order valence-corrected chi connectivity index (χ2v) is 5.81. The fourth-order valence-electron chi connectivity index (χ4n) is 2.96.